The minimum absolute atomic E-state index is 0.0347. The molecule has 1 saturated carbocycles. The Kier molecular flexibility index (Phi) is 4.84. The van der Waals surface area contributed by atoms with Crippen LogP contribution in [0.5, 0.6) is 0 Å². The number of nitrogens with one attached hydrogen (secondary N) is 2. The van der Waals surface area contributed by atoms with Crippen molar-refractivity contribution in [2.75, 3.05) is 0 Å². The largest absolute Gasteiger partial charge is 0.391 e. The quantitative estimate of drug-likeness (QED) is 0.783. The van der Waals surface area contributed by atoms with Crippen LogP contribution in [0.1, 0.15) is 31.2 Å². The fourth-order valence-corrected chi connectivity index (χ4v) is 3.29. The normalized spacial score (nSPS) is 22.6. The Morgan fingerprint density at radius 1 is 1.19 bits per heavy atom. The molecule has 0 unspecified atom stereocenters. The number of amides is 2. The first-order chi connectivity index (χ1) is 9.88. The van der Waals surface area contributed by atoms with Gasteiger partial charge in [-0.2, -0.15) is 0 Å². The number of urea groups is 1. The van der Waals surface area contributed by atoms with Crippen LogP contribution in [0.2, 0.25) is 0 Å². The molecule has 0 aliphatic heterocycles. The van der Waals surface area contributed by atoms with Gasteiger partial charge in [0.15, 0.2) is 0 Å². The Labute approximate surface area is 124 Å². The molecular formula is C14H20N2O4S. The number of hydrogen-bond donors (Lipinski definition) is 3. The second-order valence-corrected chi connectivity index (χ2v) is 7.03. The van der Waals surface area contributed by atoms with E-state index in [1.807, 2.05) is 11.6 Å². The van der Waals surface area contributed by atoms with E-state index in [1.165, 1.54) is 12.1 Å². The third kappa shape index (κ3) is 4.18. The second kappa shape index (κ2) is 6.44. The molecule has 21 heavy (non-hydrogen) atoms. The van der Waals surface area contributed by atoms with Crippen molar-refractivity contribution < 1.29 is 18.3 Å². The van der Waals surface area contributed by atoms with Crippen molar-refractivity contribution in [3.8, 4) is 0 Å². The van der Waals surface area contributed by atoms with Gasteiger partial charge in [-0.1, -0.05) is 30.5 Å². The van der Waals surface area contributed by atoms with E-state index in [0.29, 0.717) is 12.8 Å². The standard InChI is InChI=1S/C14H20N2O4S/c1-10-6-8-11(9-7-10)21(19,20)16-14(18)15-12-4-2-3-5-13(12)17/h6-9,12-13,17H,2-5H2,1H3,(H2,15,16,18)/t12-,13-/m0/s1. The number of rotatable bonds is 3. The predicted octanol–water partition coefficient (Wildman–Crippen LogP) is 1.29. The van der Waals surface area contributed by atoms with Crippen LogP contribution in [0.15, 0.2) is 29.2 Å². The van der Waals surface area contributed by atoms with Crippen molar-refractivity contribution in [1.82, 2.24) is 10.0 Å². The molecule has 2 atom stereocenters. The Hall–Kier alpha value is -1.60. The van der Waals surface area contributed by atoms with Crippen LogP contribution >= 0.6 is 0 Å². The van der Waals surface area contributed by atoms with Crippen LogP contribution in [0, 0.1) is 6.92 Å². The van der Waals surface area contributed by atoms with E-state index < -0.39 is 28.2 Å². The number of aliphatic hydroxyl groups is 1. The van der Waals surface area contributed by atoms with Gasteiger partial charge in [0.05, 0.1) is 17.0 Å². The van der Waals surface area contributed by atoms with Gasteiger partial charge in [-0.05, 0) is 31.9 Å². The fraction of sp³-hybridized carbons (Fsp3) is 0.500. The summed E-state index contributed by atoms with van der Waals surface area (Å²) in [5.41, 5.74) is 0.934. The van der Waals surface area contributed by atoms with Crippen LogP contribution in [-0.2, 0) is 10.0 Å². The maximum atomic E-state index is 12.0. The topological polar surface area (TPSA) is 95.5 Å². The molecule has 0 radical (unpaired) electrons. The minimum Gasteiger partial charge on any atom is -0.391 e. The molecule has 1 aromatic carbocycles. The van der Waals surface area contributed by atoms with Crippen molar-refractivity contribution in [2.24, 2.45) is 0 Å². The van der Waals surface area contributed by atoms with E-state index in [4.69, 9.17) is 0 Å². The Balaban J connectivity index is 1.99. The highest BCUT2D eigenvalue weighted by molar-refractivity contribution is 7.90. The summed E-state index contributed by atoms with van der Waals surface area (Å²) in [5, 5.41) is 12.3. The van der Waals surface area contributed by atoms with Crippen molar-refractivity contribution in [3.63, 3.8) is 0 Å². The molecule has 2 rings (SSSR count). The van der Waals surface area contributed by atoms with Gasteiger partial charge in [-0.3, -0.25) is 0 Å². The molecule has 1 aliphatic carbocycles. The molecule has 2 amide bonds. The van der Waals surface area contributed by atoms with Crippen molar-refractivity contribution >= 4 is 16.1 Å². The average molecular weight is 312 g/mol. The Morgan fingerprint density at radius 2 is 1.81 bits per heavy atom. The summed E-state index contributed by atoms with van der Waals surface area (Å²) in [6.45, 7) is 1.85. The number of carbonyl (C=O) groups excluding carboxylic acids is 1. The average Bonchev–Trinajstić information content (AvgIpc) is 2.41. The summed E-state index contributed by atoms with van der Waals surface area (Å²) in [4.78, 5) is 11.8. The molecule has 0 heterocycles. The van der Waals surface area contributed by atoms with Crippen LogP contribution in [0.25, 0.3) is 0 Å². The van der Waals surface area contributed by atoms with E-state index >= 15 is 0 Å². The van der Waals surface area contributed by atoms with E-state index in [-0.39, 0.29) is 4.90 Å². The van der Waals surface area contributed by atoms with Crippen LogP contribution < -0.4 is 10.0 Å². The van der Waals surface area contributed by atoms with E-state index in [9.17, 15) is 18.3 Å². The smallest absolute Gasteiger partial charge is 0.329 e. The molecule has 0 saturated heterocycles. The van der Waals surface area contributed by atoms with Crippen LogP contribution in [0.3, 0.4) is 0 Å². The molecule has 6 nitrogen and oxygen atoms in total. The van der Waals surface area contributed by atoms with Gasteiger partial charge in [-0.25, -0.2) is 17.9 Å². The Morgan fingerprint density at radius 3 is 2.43 bits per heavy atom. The van der Waals surface area contributed by atoms with Gasteiger partial charge in [0.1, 0.15) is 0 Å². The summed E-state index contributed by atoms with van der Waals surface area (Å²) in [6.07, 6.45) is 2.48. The lowest BCUT2D eigenvalue weighted by molar-refractivity contribution is 0.0948. The monoisotopic (exact) mass is 312 g/mol. The number of benzene rings is 1. The molecule has 1 aliphatic rings. The molecule has 3 N–H and O–H groups in total. The molecule has 7 heteroatoms. The molecular weight excluding hydrogens is 292 g/mol. The predicted molar refractivity (Wildman–Crippen MR) is 78.3 cm³/mol. The fourth-order valence-electron chi connectivity index (χ4n) is 2.38. The summed E-state index contributed by atoms with van der Waals surface area (Å²) in [7, 11) is -3.89. The molecule has 0 spiro atoms. The van der Waals surface area contributed by atoms with Gasteiger partial charge in [-0.15, -0.1) is 0 Å². The van der Waals surface area contributed by atoms with Gasteiger partial charge in [0.25, 0.3) is 10.0 Å². The van der Waals surface area contributed by atoms with Crippen molar-refractivity contribution in [3.05, 3.63) is 29.8 Å². The highest BCUT2D eigenvalue weighted by Gasteiger charge is 2.26. The lowest BCUT2D eigenvalue weighted by Crippen LogP contribution is -2.50. The number of sulfonamides is 1. The molecule has 0 aromatic heterocycles. The van der Waals surface area contributed by atoms with E-state index in [2.05, 4.69) is 5.32 Å². The van der Waals surface area contributed by atoms with Crippen molar-refractivity contribution in [1.29, 1.82) is 0 Å². The first kappa shape index (κ1) is 15.8. The summed E-state index contributed by atoms with van der Waals surface area (Å²) in [5.74, 6) is 0. The third-order valence-electron chi connectivity index (χ3n) is 3.60. The number of aliphatic hydroxyl groups excluding tert-OH is 1. The van der Waals surface area contributed by atoms with Gasteiger partial charge in [0, 0.05) is 0 Å². The zero-order valence-corrected chi connectivity index (χ0v) is 12.7. The van der Waals surface area contributed by atoms with Crippen LogP contribution in [-0.4, -0.2) is 31.7 Å². The summed E-state index contributed by atoms with van der Waals surface area (Å²) in [6, 6.07) is 5.02. The van der Waals surface area contributed by atoms with Gasteiger partial charge in [0.2, 0.25) is 0 Å². The molecule has 1 aromatic rings. The van der Waals surface area contributed by atoms with Crippen LogP contribution in [0.4, 0.5) is 4.79 Å². The highest BCUT2D eigenvalue weighted by Crippen LogP contribution is 2.18. The number of carbonyl (C=O) groups is 1. The highest BCUT2D eigenvalue weighted by atomic mass is 32.2. The maximum Gasteiger partial charge on any atom is 0.329 e. The second-order valence-electron chi connectivity index (χ2n) is 5.35. The number of aryl methyl sites for hydroxylation is 1. The summed E-state index contributed by atoms with van der Waals surface area (Å²) >= 11 is 0. The molecule has 0 bridgehead atoms. The molecule has 1 fully saturated rings. The molecule has 116 valence electrons. The van der Waals surface area contributed by atoms with Gasteiger partial charge >= 0.3 is 6.03 Å². The number of hydrogen-bond acceptors (Lipinski definition) is 4. The summed E-state index contributed by atoms with van der Waals surface area (Å²) < 4.78 is 26.1. The van der Waals surface area contributed by atoms with E-state index in [0.717, 1.165) is 18.4 Å². The lowest BCUT2D eigenvalue weighted by Gasteiger charge is -2.28. The lowest BCUT2D eigenvalue weighted by atomic mass is 9.93. The first-order valence-corrected chi connectivity index (χ1v) is 8.45. The SMILES string of the molecule is Cc1ccc(S(=O)(=O)NC(=O)N[C@H]2CCCC[C@@H]2O)cc1. The zero-order chi connectivity index (χ0) is 15.5. The van der Waals surface area contributed by atoms with Gasteiger partial charge < -0.3 is 10.4 Å². The maximum absolute atomic E-state index is 12.0. The van der Waals surface area contributed by atoms with Crippen molar-refractivity contribution in [2.45, 2.75) is 49.6 Å². The minimum atomic E-state index is -3.89. The third-order valence-corrected chi connectivity index (χ3v) is 4.95. The van der Waals surface area contributed by atoms with E-state index in [1.54, 1.807) is 12.1 Å². The Bertz CT molecular complexity index is 598. The first-order valence-electron chi connectivity index (χ1n) is 6.96. The zero-order valence-electron chi connectivity index (χ0n) is 11.9.